The van der Waals surface area contributed by atoms with Gasteiger partial charge >= 0.3 is 0 Å². The van der Waals surface area contributed by atoms with E-state index >= 15 is 0 Å². The fourth-order valence-corrected chi connectivity index (χ4v) is 3.79. The molecule has 1 saturated heterocycles. The van der Waals surface area contributed by atoms with Crippen LogP contribution in [0.15, 0.2) is 12.3 Å². The summed E-state index contributed by atoms with van der Waals surface area (Å²) >= 11 is 0. The number of aromatic nitrogens is 1. The molecule has 2 heterocycles. The van der Waals surface area contributed by atoms with Crippen LogP contribution in [-0.2, 0) is 0 Å². The topological polar surface area (TPSA) is 62.5 Å². The highest BCUT2D eigenvalue weighted by Gasteiger charge is 2.23. The number of nitrogens with zero attached hydrogens (tertiary/aromatic N) is 4. The van der Waals surface area contributed by atoms with Crippen molar-refractivity contribution in [2.24, 2.45) is 5.92 Å². The van der Waals surface area contributed by atoms with E-state index in [-0.39, 0.29) is 10.6 Å². The molecule has 1 aliphatic carbocycles. The van der Waals surface area contributed by atoms with Gasteiger partial charge in [0, 0.05) is 38.3 Å². The lowest BCUT2D eigenvalue weighted by Crippen LogP contribution is -2.48. The molecule has 3 rings (SSSR count). The van der Waals surface area contributed by atoms with Gasteiger partial charge in [-0.2, -0.15) is 0 Å². The maximum atomic E-state index is 10.9. The minimum absolute atomic E-state index is 0.102. The van der Waals surface area contributed by atoms with Gasteiger partial charge in [-0.05, 0) is 31.7 Å². The molecular formula is C17H26N4O2. The predicted octanol–water partition coefficient (Wildman–Crippen LogP) is 3.00. The molecule has 2 aliphatic rings. The van der Waals surface area contributed by atoms with Crippen molar-refractivity contribution in [3.63, 3.8) is 0 Å². The van der Waals surface area contributed by atoms with Gasteiger partial charge in [0.15, 0.2) is 0 Å². The Hall–Kier alpha value is -1.69. The normalized spacial score (nSPS) is 20.7. The van der Waals surface area contributed by atoms with Crippen LogP contribution >= 0.6 is 0 Å². The van der Waals surface area contributed by atoms with Crippen LogP contribution < -0.4 is 4.90 Å². The molecule has 0 radical (unpaired) electrons. The van der Waals surface area contributed by atoms with E-state index in [1.165, 1.54) is 44.8 Å². The predicted molar refractivity (Wildman–Crippen MR) is 90.9 cm³/mol. The first-order chi connectivity index (χ1) is 11.1. The van der Waals surface area contributed by atoms with Crippen molar-refractivity contribution in [3.05, 3.63) is 27.9 Å². The molecule has 0 aromatic carbocycles. The third-order valence-corrected chi connectivity index (χ3v) is 5.20. The van der Waals surface area contributed by atoms with Gasteiger partial charge in [-0.15, -0.1) is 0 Å². The Bertz CT molecular complexity index is 550. The molecule has 6 nitrogen and oxygen atoms in total. The third kappa shape index (κ3) is 3.99. The van der Waals surface area contributed by atoms with Crippen molar-refractivity contribution in [1.82, 2.24) is 9.88 Å². The summed E-state index contributed by atoms with van der Waals surface area (Å²) in [5.41, 5.74) is 0.786. The van der Waals surface area contributed by atoms with Gasteiger partial charge in [0.25, 0.3) is 5.69 Å². The molecule has 2 fully saturated rings. The first-order valence-electron chi connectivity index (χ1n) is 8.72. The van der Waals surface area contributed by atoms with Gasteiger partial charge in [0.1, 0.15) is 12.0 Å². The van der Waals surface area contributed by atoms with Crippen LogP contribution in [0.3, 0.4) is 0 Å². The number of aryl methyl sites for hydroxylation is 1. The summed E-state index contributed by atoms with van der Waals surface area (Å²) in [7, 11) is 0. The molecule has 1 saturated carbocycles. The Labute approximate surface area is 137 Å². The maximum Gasteiger partial charge on any atom is 0.290 e. The van der Waals surface area contributed by atoms with Gasteiger partial charge < -0.3 is 4.90 Å². The molecule has 0 spiro atoms. The van der Waals surface area contributed by atoms with E-state index in [1.807, 2.05) is 6.07 Å². The van der Waals surface area contributed by atoms with E-state index in [2.05, 4.69) is 14.8 Å². The van der Waals surface area contributed by atoms with E-state index < -0.39 is 0 Å². The van der Waals surface area contributed by atoms with E-state index in [9.17, 15) is 10.1 Å². The average Bonchev–Trinajstić information content (AvgIpc) is 2.56. The molecule has 1 aromatic rings. The quantitative estimate of drug-likeness (QED) is 0.631. The summed E-state index contributed by atoms with van der Waals surface area (Å²) in [5.74, 6) is 1.75. The lowest BCUT2D eigenvalue weighted by molar-refractivity contribution is -0.385. The van der Waals surface area contributed by atoms with Crippen molar-refractivity contribution in [2.75, 3.05) is 37.6 Å². The number of pyridine rings is 1. The second-order valence-corrected chi connectivity index (χ2v) is 6.88. The lowest BCUT2D eigenvalue weighted by Gasteiger charge is -2.37. The summed E-state index contributed by atoms with van der Waals surface area (Å²) in [5, 5.41) is 10.9. The van der Waals surface area contributed by atoms with Crippen molar-refractivity contribution in [2.45, 2.75) is 39.0 Å². The van der Waals surface area contributed by atoms with Crippen molar-refractivity contribution >= 4 is 11.5 Å². The molecule has 6 heteroatoms. The van der Waals surface area contributed by atoms with E-state index in [1.54, 1.807) is 6.92 Å². The van der Waals surface area contributed by atoms with Crippen LogP contribution in [0.25, 0.3) is 0 Å². The fourth-order valence-electron chi connectivity index (χ4n) is 3.79. The summed E-state index contributed by atoms with van der Waals surface area (Å²) in [4.78, 5) is 19.6. The zero-order chi connectivity index (χ0) is 16.2. The molecule has 0 amide bonds. The van der Waals surface area contributed by atoms with E-state index in [0.29, 0.717) is 5.56 Å². The highest BCUT2D eigenvalue weighted by Crippen LogP contribution is 2.26. The first kappa shape index (κ1) is 16.2. The van der Waals surface area contributed by atoms with E-state index in [0.717, 1.165) is 37.9 Å². The monoisotopic (exact) mass is 318 g/mol. The molecule has 1 aromatic heterocycles. The van der Waals surface area contributed by atoms with Crippen LogP contribution in [-0.4, -0.2) is 47.5 Å². The average molecular weight is 318 g/mol. The third-order valence-electron chi connectivity index (χ3n) is 5.20. The minimum atomic E-state index is -0.367. The number of nitro groups is 1. The second-order valence-electron chi connectivity index (χ2n) is 6.88. The Morgan fingerprint density at radius 2 is 1.91 bits per heavy atom. The highest BCUT2D eigenvalue weighted by atomic mass is 16.6. The van der Waals surface area contributed by atoms with Crippen LogP contribution in [0.2, 0.25) is 0 Å². The highest BCUT2D eigenvalue weighted by molar-refractivity contribution is 5.48. The maximum absolute atomic E-state index is 10.9. The van der Waals surface area contributed by atoms with Crippen LogP contribution in [0, 0.1) is 23.0 Å². The van der Waals surface area contributed by atoms with Crippen molar-refractivity contribution in [3.8, 4) is 0 Å². The Morgan fingerprint density at radius 1 is 1.22 bits per heavy atom. The molecule has 126 valence electrons. The molecule has 0 unspecified atom stereocenters. The van der Waals surface area contributed by atoms with Gasteiger partial charge in [0.05, 0.1) is 4.92 Å². The number of piperazine rings is 1. The minimum Gasteiger partial charge on any atom is -0.354 e. The van der Waals surface area contributed by atoms with Gasteiger partial charge in [-0.3, -0.25) is 15.0 Å². The molecule has 23 heavy (non-hydrogen) atoms. The molecule has 1 aliphatic heterocycles. The lowest BCUT2D eigenvalue weighted by atomic mass is 9.89. The number of hydrogen-bond donors (Lipinski definition) is 0. The summed E-state index contributed by atoms with van der Waals surface area (Å²) in [6, 6.07) is 1.84. The van der Waals surface area contributed by atoms with Gasteiger partial charge in [-0.1, -0.05) is 19.3 Å². The SMILES string of the molecule is Cc1cc(N2CCN(CC3CCCCC3)CC2)ncc1[N+](=O)[O-]. The smallest absolute Gasteiger partial charge is 0.290 e. The molecule has 0 atom stereocenters. The Kier molecular flexibility index (Phi) is 5.10. The standard InChI is InChI=1S/C17H26N4O2/c1-14-11-17(18-12-16(14)21(22)23)20-9-7-19(8-10-20)13-15-5-3-2-4-6-15/h11-12,15H,2-10,13H2,1H3. The zero-order valence-corrected chi connectivity index (χ0v) is 13.9. The number of anilines is 1. The van der Waals surface area contributed by atoms with Gasteiger partial charge in [0.2, 0.25) is 0 Å². The molecule has 0 bridgehead atoms. The van der Waals surface area contributed by atoms with Gasteiger partial charge in [-0.25, -0.2) is 4.98 Å². The Balaban J connectivity index is 1.54. The summed E-state index contributed by atoms with van der Waals surface area (Å²) < 4.78 is 0. The number of hydrogen-bond acceptors (Lipinski definition) is 5. The molecular weight excluding hydrogens is 292 g/mol. The Morgan fingerprint density at radius 3 is 2.52 bits per heavy atom. The fraction of sp³-hybridized carbons (Fsp3) is 0.706. The molecule has 0 N–H and O–H groups in total. The zero-order valence-electron chi connectivity index (χ0n) is 13.9. The van der Waals surface area contributed by atoms with Crippen molar-refractivity contribution < 1.29 is 4.92 Å². The number of rotatable bonds is 4. The summed E-state index contributed by atoms with van der Waals surface area (Å²) in [6.07, 6.45) is 8.38. The first-order valence-corrected chi connectivity index (χ1v) is 8.72. The van der Waals surface area contributed by atoms with Crippen molar-refractivity contribution in [1.29, 1.82) is 0 Å². The van der Waals surface area contributed by atoms with Crippen LogP contribution in [0.4, 0.5) is 11.5 Å². The largest absolute Gasteiger partial charge is 0.354 e. The van der Waals surface area contributed by atoms with Crippen LogP contribution in [0.1, 0.15) is 37.7 Å². The summed E-state index contributed by atoms with van der Waals surface area (Å²) in [6.45, 7) is 7.06. The van der Waals surface area contributed by atoms with E-state index in [4.69, 9.17) is 0 Å². The second kappa shape index (κ2) is 7.25. The van der Waals surface area contributed by atoms with Crippen LogP contribution in [0.5, 0.6) is 0 Å².